The summed E-state index contributed by atoms with van der Waals surface area (Å²) in [5, 5.41) is 13.0. The molecule has 0 saturated carbocycles. The summed E-state index contributed by atoms with van der Waals surface area (Å²) in [4.78, 5) is 11.1. The molecule has 8 heteroatoms. The van der Waals surface area contributed by atoms with Crippen LogP contribution in [0.3, 0.4) is 0 Å². The predicted molar refractivity (Wildman–Crippen MR) is 104 cm³/mol. The zero-order chi connectivity index (χ0) is 20.1. The summed E-state index contributed by atoms with van der Waals surface area (Å²) >= 11 is 12.8. The van der Waals surface area contributed by atoms with Gasteiger partial charge in [-0.25, -0.2) is 0 Å². The van der Waals surface area contributed by atoms with Gasteiger partial charge >= 0.3 is 0 Å². The predicted octanol–water partition coefficient (Wildman–Crippen LogP) is 2.59. The summed E-state index contributed by atoms with van der Waals surface area (Å²) in [5.74, 6) is -1.53. The lowest BCUT2D eigenvalue weighted by Crippen LogP contribution is -2.57. The van der Waals surface area contributed by atoms with Gasteiger partial charge in [-0.2, -0.15) is 0 Å². The first-order valence-corrected chi connectivity index (χ1v) is 9.06. The lowest BCUT2D eigenvalue weighted by atomic mass is 9.93. The molecule has 0 spiro atoms. The maximum atomic E-state index is 12.7. The van der Waals surface area contributed by atoms with Crippen LogP contribution in [0.4, 0.5) is 0 Å². The number of carbonyl (C=O) groups is 1. The number of Topliss-reactive ketones (excluding diaryl/α,β-unsaturated/α-hetero) is 1. The highest BCUT2D eigenvalue weighted by molar-refractivity contribution is 6.53. The van der Waals surface area contributed by atoms with Gasteiger partial charge in [0.1, 0.15) is 23.5 Å². The third-order valence-corrected chi connectivity index (χ3v) is 5.27. The number of ketones is 1. The molecule has 0 unspecified atom stereocenters. The number of alkyl halides is 1. The number of para-hydroxylation sites is 1. The number of hydrogen-bond acceptors (Lipinski definition) is 6. The first kappa shape index (κ1) is 21.7. The number of methoxy groups -OCH3 is 2. The Labute approximate surface area is 168 Å². The molecule has 1 aliphatic carbocycles. The summed E-state index contributed by atoms with van der Waals surface area (Å²) < 4.78 is 16.5. The van der Waals surface area contributed by atoms with Crippen LogP contribution in [0.1, 0.15) is 6.42 Å². The Balaban J connectivity index is 2.11. The summed E-state index contributed by atoms with van der Waals surface area (Å²) in [6.45, 7) is 3.72. The number of aliphatic hydroxyl groups is 1. The van der Waals surface area contributed by atoms with Crippen molar-refractivity contribution < 1.29 is 24.1 Å². The highest BCUT2D eigenvalue weighted by atomic mass is 35.5. The largest absolute Gasteiger partial charge is 0.491 e. The molecule has 148 valence electrons. The quantitative estimate of drug-likeness (QED) is 0.347. The van der Waals surface area contributed by atoms with Crippen LogP contribution in [0.2, 0.25) is 0 Å². The fourth-order valence-electron chi connectivity index (χ4n) is 3.00. The smallest absolute Gasteiger partial charge is 0.238 e. The Hall–Kier alpha value is -1.57. The first-order chi connectivity index (χ1) is 12.9. The minimum Gasteiger partial charge on any atom is -0.491 e. The number of benzene rings is 1. The molecule has 1 aliphatic rings. The molecular weight excluding hydrogens is 393 g/mol. The second kappa shape index (κ2) is 9.08. The Kier molecular flexibility index (Phi) is 7.31. The molecule has 0 fully saturated rings. The monoisotopic (exact) mass is 415 g/mol. The van der Waals surface area contributed by atoms with Gasteiger partial charge in [-0.3, -0.25) is 4.79 Å². The van der Waals surface area contributed by atoms with E-state index < -0.39 is 22.5 Å². The van der Waals surface area contributed by atoms with E-state index in [1.807, 2.05) is 18.2 Å². The standard InChI is InChI=1S/C19H23Cl2NO5/c1-4-10-18(21)17(24)15(20)16(19(18,25-2)26-3)22-11-13(23)12-27-14-8-6-5-7-9-14/h4-9,13,22-23H,1,10-12H2,2-3H3/t13-,18-/m1/s1. The van der Waals surface area contributed by atoms with E-state index in [0.717, 1.165) is 0 Å². The zero-order valence-corrected chi connectivity index (χ0v) is 16.7. The summed E-state index contributed by atoms with van der Waals surface area (Å²) in [5.41, 5.74) is 0.162. The van der Waals surface area contributed by atoms with Crippen molar-refractivity contribution in [3.63, 3.8) is 0 Å². The molecule has 0 heterocycles. The molecule has 2 atom stereocenters. The highest BCUT2D eigenvalue weighted by Gasteiger charge is 2.65. The molecule has 6 nitrogen and oxygen atoms in total. The molecule has 2 N–H and O–H groups in total. The van der Waals surface area contributed by atoms with Crippen LogP contribution in [0.15, 0.2) is 53.7 Å². The number of carbonyl (C=O) groups excluding carboxylic acids is 1. The summed E-state index contributed by atoms with van der Waals surface area (Å²) in [6, 6.07) is 9.10. The molecule has 1 aromatic carbocycles. The van der Waals surface area contributed by atoms with Crippen LogP contribution in [0, 0.1) is 0 Å². The number of hydrogen-bond donors (Lipinski definition) is 2. The van der Waals surface area contributed by atoms with E-state index in [4.69, 9.17) is 37.4 Å². The van der Waals surface area contributed by atoms with Crippen molar-refractivity contribution in [1.29, 1.82) is 0 Å². The number of ether oxygens (including phenoxy) is 3. The lowest BCUT2D eigenvalue weighted by molar-refractivity contribution is -0.199. The van der Waals surface area contributed by atoms with Crippen LogP contribution in [-0.2, 0) is 14.3 Å². The van der Waals surface area contributed by atoms with Crippen molar-refractivity contribution in [2.75, 3.05) is 27.4 Å². The molecule has 0 bridgehead atoms. The average Bonchev–Trinajstić information content (AvgIpc) is 2.84. The lowest BCUT2D eigenvalue weighted by Gasteiger charge is -2.39. The Bertz CT molecular complexity index is 705. The van der Waals surface area contributed by atoms with Gasteiger partial charge in [0.25, 0.3) is 0 Å². The van der Waals surface area contributed by atoms with Gasteiger partial charge in [0.15, 0.2) is 4.87 Å². The van der Waals surface area contributed by atoms with Crippen LogP contribution >= 0.6 is 23.2 Å². The number of halogens is 2. The van der Waals surface area contributed by atoms with Crippen LogP contribution in [-0.4, -0.2) is 55.0 Å². The molecule has 0 amide bonds. The van der Waals surface area contributed by atoms with E-state index in [1.54, 1.807) is 12.1 Å². The maximum Gasteiger partial charge on any atom is 0.238 e. The normalized spacial score (nSPS) is 22.6. The van der Waals surface area contributed by atoms with Crippen molar-refractivity contribution in [2.24, 2.45) is 0 Å². The van der Waals surface area contributed by atoms with Crippen molar-refractivity contribution >= 4 is 29.0 Å². The fourth-order valence-corrected chi connectivity index (χ4v) is 3.85. The van der Waals surface area contributed by atoms with Crippen LogP contribution < -0.4 is 10.1 Å². The van der Waals surface area contributed by atoms with E-state index in [9.17, 15) is 9.90 Å². The van der Waals surface area contributed by atoms with E-state index in [0.29, 0.717) is 5.75 Å². The van der Waals surface area contributed by atoms with Gasteiger partial charge in [0, 0.05) is 20.8 Å². The minimum absolute atomic E-state index is 0.0429. The minimum atomic E-state index is -1.63. The van der Waals surface area contributed by atoms with Crippen LogP contribution in [0.5, 0.6) is 5.75 Å². The van der Waals surface area contributed by atoms with Gasteiger partial charge in [0.2, 0.25) is 11.6 Å². The van der Waals surface area contributed by atoms with Gasteiger partial charge in [0.05, 0.1) is 5.70 Å². The molecule has 0 aliphatic heterocycles. The van der Waals surface area contributed by atoms with Gasteiger partial charge in [-0.15, -0.1) is 18.2 Å². The molecule has 27 heavy (non-hydrogen) atoms. The van der Waals surface area contributed by atoms with E-state index in [-0.39, 0.29) is 30.3 Å². The SMILES string of the molecule is C=CC[C@@]1(Cl)C(=O)C(Cl)=C(NC[C@@H](O)COc2ccccc2)C1(OC)OC. The molecular formula is C19H23Cl2NO5. The number of rotatable bonds is 10. The molecule has 0 radical (unpaired) electrons. The molecule has 1 aromatic rings. The Morgan fingerprint density at radius 2 is 1.93 bits per heavy atom. The number of nitrogens with one attached hydrogen (secondary N) is 1. The number of aliphatic hydroxyl groups excluding tert-OH is 1. The molecule has 0 saturated heterocycles. The van der Waals surface area contributed by atoms with Gasteiger partial charge in [-0.05, 0) is 18.6 Å². The van der Waals surface area contributed by atoms with Crippen molar-refractivity contribution in [1.82, 2.24) is 5.32 Å². The molecule has 2 rings (SSSR count). The fraction of sp³-hybridized carbons (Fsp3) is 0.421. The second-order valence-corrected chi connectivity index (χ2v) is 7.02. The topological polar surface area (TPSA) is 77.0 Å². The molecule has 0 aromatic heterocycles. The van der Waals surface area contributed by atoms with Crippen molar-refractivity contribution in [3.05, 3.63) is 53.7 Å². The van der Waals surface area contributed by atoms with E-state index in [2.05, 4.69) is 11.9 Å². The average molecular weight is 416 g/mol. The Morgan fingerprint density at radius 1 is 1.30 bits per heavy atom. The van der Waals surface area contributed by atoms with Crippen molar-refractivity contribution in [3.8, 4) is 5.75 Å². The zero-order valence-electron chi connectivity index (χ0n) is 15.2. The van der Waals surface area contributed by atoms with Gasteiger partial charge < -0.3 is 24.6 Å². The highest BCUT2D eigenvalue weighted by Crippen LogP contribution is 2.50. The van der Waals surface area contributed by atoms with Crippen molar-refractivity contribution in [2.45, 2.75) is 23.2 Å². The van der Waals surface area contributed by atoms with Crippen LogP contribution in [0.25, 0.3) is 0 Å². The third kappa shape index (κ3) is 4.00. The summed E-state index contributed by atoms with van der Waals surface area (Å²) in [6.07, 6.45) is 0.692. The van der Waals surface area contributed by atoms with Gasteiger partial charge in [-0.1, -0.05) is 35.9 Å². The maximum absolute atomic E-state index is 12.7. The summed E-state index contributed by atoms with van der Waals surface area (Å²) in [7, 11) is 2.73. The Morgan fingerprint density at radius 3 is 2.48 bits per heavy atom. The number of allylic oxidation sites excluding steroid dienone is 2. The third-order valence-electron chi connectivity index (χ3n) is 4.33. The first-order valence-electron chi connectivity index (χ1n) is 8.31. The van der Waals surface area contributed by atoms with E-state index in [1.165, 1.54) is 20.3 Å². The second-order valence-electron chi connectivity index (χ2n) is 6.00. The van der Waals surface area contributed by atoms with E-state index >= 15 is 0 Å².